The Morgan fingerprint density at radius 3 is 2.81 bits per heavy atom. The predicted molar refractivity (Wildman–Crippen MR) is 60.9 cm³/mol. The number of nitrogens with one attached hydrogen (secondary N) is 1. The number of H-pyrrole nitrogens is 1. The highest BCUT2D eigenvalue weighted by molar-refractivity contribution is 5.55. The zero-order chi connectivity index (χ0) is 11.5. The van der Waals surface area contributed by atoms with Crippen LogP contribution in [0, 0.1) is 6.92 Å². The number of pyridine rings is 1. The van der Waals surface area contributed by atoms with Crippen molar-refractivity contribution in [2.75, 3.05) is 0 Å². The van der Waals surface area contributed by atoms with Crippen LogP contribution in [0.2, 0.25) is 0 Å². The quantitative estimate of drug-likeness (QED) is 0.854. The highest BCUT2D eigenvalue weighted by atomic mass is 15.5. The van der Waals surface area contributed by atoms with Crippen LogP contribution in [-0.2, 0) is 0 Å². The lowest BCUT2D eigenvalue weighted by Gasteiger charge is -2.12. The van der Waals surface area contributed by atoms with Crippen molar-refractivity contribution in [3.05, 3.63) is 23.4 Å². The first-order chi connectivity index (χ1) is 7.72. The molecular weight excluding hydrogens is 202 g/mol. The van der Waals surface area contributed by atoms with Crippen LogP contribution in [0.25, 0.3) is 11.5 Å². The maximum absolute atomic E-state index is 4.50. The van der Waals surface area contributed by atoms with Gasteiger partial charge in [-0.25, -0.2) is 4.98 Å². The molecule has 5 heteroatoms. The minimum Gasteiger partial charge on any atom is -0.249 e. The molecule has 2 aromatic heterocycles. The molecule has 5 nitrogen and oxygen atoms in total. The van der Waals surface area contributed by atoms with E-state index in [2.05, 4.69) is 45.5 Å². The van der Waals surface area contributed by atoms with Crippen LogP contribution in [0.3, 0.4) is 0 Å². The van der Waals surface area contributed by atoms with Crippen LogP contribution in [-0.4, -0.2) is 25.6 Å². The normalized spacial score (nSPS) is 12.7. The van der Waals surface area contributed by atoms with Crippen LogP contribution in [0.1, 0.15) is 37.4 Å². The lowest BCUT2D eigenvalue weighted by Crippen LogP contribution is -2.00. The molecule has 0 aliphatic carbocycles. The zero-order valence-corrected chi connectivity index (χ0v) is 9.73. The fourth-order valence-corrected chi connectivity index (χ4v) is 1.63. The Kier molecular flexibility index (Phi) is 2.94. The summed E-state index contributed by atoms with van der Waals surface area (Å²) in [6, 6.07) is 4.12. The van der Waals surface area contributed by atoms with Gasteiger partial charge in [-0.1, -0.05) is 19.9 Å². The molecule has 16 heavy (non-hydrogen) atoms. The molecule has 0 aliphatic heterocycles. The van der Waals surface area contributed by atoms with Gasteiger partial charge in [0.05, 0.1) is 0 Å². The van der Waals surface area contributed by atoms with E-state index in [0.717, 1.165) is 17.8 Å². The summed E-state index contributed by atoms with van der Waals surface area (Å²) in [6.45, 7) is 6.30. The lowest BCUT2D eigenvalue weighted by molar-refractivity contribution is 0.729. The van der Waals surface area contributed by atoms with Crippen molar-refractivity contribution in [2.24, 2.45) is 0 Å². The van der Waals surface area contributed by atoms with Gasteiger partial charge in [0, 0.05) is 5.69 Å². The number of aromatic amines is 1. The van der Waals surface area contributed by atoms with Gasteiger partial charge >= 0.3 is 0 Å². The third-order valence-corrected chi connectivity index (χ3v) is 2.77. The Labute approximate surface area is 94.3 Å². The molecule has 0 spiro atoms. The van der Waals surface area contributed by atoms with Gasteiger partial charge in [-0.15, -0.1) is 10.2 Å². The summed E-state index contributed by atoms with van der Waals surface area (Å²) in [7, 11) is 0. The molecule has 2 aromatic rings. The first kappa shape index (κ1) is 10.7. The first-order valence-corrected chi connectivity index (χ1v) is 5.43. The highest BCUT2D eigenvalue weighted by Crippen LogP contribution is 2.26. The zero-order valence-electron chi connectivity index (χ0n) is 9.73. The lowest BCUT2D eigenvalue weighted by atomic mass is 9.96. The van der Waals surface area contributed by atoms with Crippen LogP contribution >= 0.6 is 0 Å². The van der Waals surface area contributed by atoms with E-state index < -0.39 is 0 Å². The summed E-state index contributed by atoms with van der Waals surface area (Å²) in [6.07, 6.45) is 1.07. The van der Waals surface area contributed by atoms with Gasteiger partial charge in [0.25, 0.3) is 0 Å². The van der Waals surface area contributed by atoms with Crippen molar-refractivity contribution >= 4 is 0 Å². The molecular formula is C11H15N5. The number of hydrogen-bond acceptors (Lipinski definition) is 4. The predicted octanol–water partition coefficient (Wildman–Crippen LogP) is 2.08. The van der Waals surface area contributed by atoms with E-state index >= 15 is 0 Å². The third kappa shape index (κ3) is 1.93. The second-order valence-corrected chi connectivity index (χ2v) is 3.94. The number of hydrogen-bond donors (Lipinski definition) is 1. The molecule has 0 aliphatic rings. The molecule has 84 valence electrons. The number of aryl methyl sites for hydroxylation is 1. The molecule has 1 atom stereocenters. The fraction of sp³-hybridized carbons (Fsp3) is 0.455. The molecule has 1 N–H and O–H groups in total. The van der Waals surface area contributed by atoms with E-state index in [4.69, 9.17) is 0 Å². The Morgan fingerprint density at radius 2 is 2.19 bits per heavy atom. The van der Waals surface area contributed by atoms with Crippen molar-refractivity contribution in [3.8, 4) is 11.5 Å². The summed E-state index contributed by atoms with van der Waals surface area (Å²) in [5.41, 5.74) is 2.98. The Hall–Kier alpha value is -1.78. The topological polar surface area (TPSA) is 67.3 Å². The molecule has 2 rings (SSSR count). The second kappa shape index (κ2) is 4.38. The number of tetrazole rings is 1. The molecule has 0 bridgehead atoms. The van der Waals surface area contributed by atoms with E-state index in [1.54, 1.807) is 0 Å². The molecule has 0 fully saturated rings. The van der Waals surface area contributed by atoms with E-state index in [9.17, 15) is 0 Å². The van der Waals surface area contributed by atoms with Gasteiger partial charge < -0.3 is 0 Å². The summed E-state index contributed by atoms with van der Waals surface area (Å²) in [5.74, 6) is 1.01. The summed E-state index contributed by atoms with van der Waals surface area (Å²) < 4.78 is 0. The van der Waals surface area contributed by atoms with Gasteiger partial charge in [-0.05, 0) is 36.1 Å². The van der Waals surface area contributed by atoms with Crippen molar-refractivity contribution in [3.63, 3.8) is 0 Å². The molecule has 1 unspecified atom stereocenters. The van der Waals surface area contributed by atoms with Crippen molar-refractivity contribution in [1.82, 2.24) is 25.6 Å². The number of rotatable bonds is 3. The molecule has 0 amide bonds. The monoisotopic (exact) mass is 217 g/mol. The van der Waals surface area contributed by atoms with Gasteiger partial charge in [0.15, 0.2) is 0 Å². The average Bonchev–Trinajstić information content (AvgIpc) is 2.81. The summed E-state index contributed by atoms with van der Waals surface area (Å²) >= 11 is 0. The Bertz CT molecular complexity index is 463. The van der Waals surface area contributed by atoms with Gasteiger partial charge in [0.1, 0.15) is 5.69 Å². The smallest absolute Gasteiger partial charge is 0.223 e. The Morgan fingerprint density at radius 1 is 1.38 bits per heavy atom. The second-order valence-electron chi connectivity index (χ2n) is 3.94. The summed E-state index contributed by atoms with van der Waals surface area (Å²) in [4.78, 5) is 4.50. The van der Waals surface area contributed by atoms with Crippen LogP contribution in [0.4, 0.5) is 0 Å². The molecule has 2 heterocycles. The number of nitrogens with zero attached hydrogens (tertiary/aromatic N) is 4. The van der Waals surface area contributed by atoms with Crippen molar-refractivity contribution in [1.29, 1.82) is 0 Å². The number of aromatic nitrogens is 5. The molecule has 0 aromatic carbocycles. The van der Waals surface area contributed by atoms with Crippen LogP contribution in [0.15, 0.2) is 12.1 Å². The third-order valence-electron chi connectivity index (χ3n) is 2.77. The van der Waals surface area contributed by atoms with Gasteiger partial charge in [-0.2, -0.15) is 5.21 Å². The first-order valence-electron chi connectivity index (χ1n) is 5.43. The molecule has 0 radical (unpaired) electrons. The van der Waals surface area contributed by atoms with E-state index in [-0.39, 0.29) is 0 Å². The van der Waals surface area contributed by atoms with Crippen LogP contribution < -0.4 is 0 Å². The Balaban J connectivity index is 2.53. The average molecular weight is 217 g/mol. The fourth-order valence-electron chi connectivity index (χ4n) is 1.63. The maximum Gasteiger partial charge on any atom is 0.223 e. The minimum atomic E-state index is 0.446. The maximum atomic E-state index is 4.50. The molecule has 0 saturated carbocycles. The van der Waals surface area contributed by atoms with Gasteiger partial charge in [0.2, 0.25) is 5.82 Å². The van der Waals surface area contributed by atoms with Crippen molar-refractivity contribution < 1.29 is 0 Å². The van der Waals surface area contributed by atoms with E-state index in [1.807, 2.05) is 13.0 Å². The standard InChI is InChI=1S/C11H15N5/c1-4-7(2)9-6-5-8(3)12-10(9)11-13-15-16-14-11/h5-7H,4H2,1-3H3,(H,13,14,15,16). The van der Waals surface area contributed by atoms with E-state index in [0.29, 0.717) is 11.7 Å². The highest BCUT2D eigenvalue weighted by Gasteiger charge is 2.15. The van der Waals surface area contributed by atoms with Crippen LogP contribution in [0.5, 0.6) is 0 Å². The van der Waals surface area contributed by atoms with Gasteiger partial charge in [-0.3, -0.25) is 0 Å². The molecule has 0 saturated heterocycles. The van der Waals surface area contributed by atoms with Crippen molar-refractivity contribution in [2.45, 2.75) is 33.1 Å². The largest absolute Gasteiger partial charge is 0.249 e. The minimum absolute atomic E-state index is 0.446. The van der Waals surface area contributed by atoms with E-state index in [1.165, 1.54) is 5.56 Å². The summed E-state index contributed by atoms with van der Waals surface area (Å²) in [5, 5.41) is 14.0. The SMILES string of the molecule is CCC(C)c1ccc(C)nc1-c1nn[nH]n1.